The standard InChI is InChI=1S/C19H24ClN3O3S2/c1-3-23(4-2)28(25,26)16-9-10-19(22-14-16)27-12-11-18(24)21-13-15-7-5-6-8-17(15)20/h5-10,14H,3-4,11-13H2,1-2H3,(H,21,24). The summed E-state index contributed by atoms with van der Waals surface area (Å²) in [5, 5.41) is 4.14. The molecule has 0 radical (unpaired) electrons. The molecule has 0 bridgehead atoms. The molecule has 1 N–H and O–H groups in total. The van der Waals surface area contributed by atoms with Crippen LogP contribution in [0.5, 0.6) is 0 Å². The summed E-state index contributed by atoms with van der Waals surface area (Å²) in [5.41, 5.74) is 0.872. The van der Waals surface area contributed by atoms with Gasteiger partial charge in [0.2, 0.25) is 15.9 Å². The third-order valence-electron chi connectivity index (χ3n) is 4.07. The first-order chi connectivity index (χ1) is 13.4. The molecule has 1 heterocycles. The fourth-order valence-corrected chi connectivity index (χ4v) is 4.88. The quantitative estimate of drug-likeness (QED) is 0.570. The molecule has 9 heteroatoms. The number of benzene rings is 1. The van der Waals surface area contributed by atoms with E-state index in [-0.39, 0.29) is 10.8 Å². The van der Waals surface area contributed by atoms with Gasteiger partial charge in [0, 0.05) is 43.0 Å². The Morgan fingerprint density at radius 2 is 1.89 bits per heavy atom. The molecule has 0 spiro atoms. The summed E-state index contributed by atoms with van der Waals surface area (Å²) < 4.78 is 26.3. The number of rotatable bonds is 10. The lowest BCUT2D eigenvalue weighted by molar-refractivity contribution is -0.120. The number of thioether (sulfide) groups is 1. The molecule has 6 nitrogen and oxygen atoms in total. The SMILES string of the molecule is CCN(CC)S(=O)(=O)c1ccc(SCCC(=O)NCc2ccccc2Cl)nc1. The van der Waals surface area contributed by atoms with E-state index in [1.165, 1.54) is 22.3 Å². The highest BCUT2D eigenvalue weighted by Gasteiger charge is 2.21. The number of hydrogen-bond acceptors (Lipinski definition) is 5. The van der Waals surface area contributed by atoms with E-state index in [4.69, 9.17) is 11.6 Å². The third kappa shape index (κ3) is 6.20. The van der Waals surface area contributed by atoms with E-state index < -0.39 is 10.0 Å². The van der Waals surface area contributed by atoms with Crippen LogP contribution < -0.4 is 5.32 Å². The highest BCUT2D eigenvalue weighted by molar-refractivity contribution is 7.99. The van der Waals surface area contributed by atoms with Crippen LogP contribution in [0, 0.1) is 0 Å². The summed E-state index contributed by atoms with van der Waals surface area (Å²) in [6.45, 7) is 4.82. The fourth-order valence-electron chi connectivity index (χ4n) is 2.49. The summed E-state index contributed by atoms with van der Waals surface area (Å²) in [5.74, 6) is 0.469. The molecule has 0 unspecified atom stereocenters. The van der Waals surface area contributed by atoms with Crippen LogP contribution >= 0.6 is 23.4 Å². The number of hydrogen-bond donors (Lipinski definition) is 1. The Morgan fingerprint density at radius 1 is 1.18 bits per heavy atom. The average Bonchev–Trinajstić information content (AvgIpc) is 2.68. The monoisotopic (exact) mass is 441 g/mol. The number of sulfonamides is 1. The second kappa shape index (κ2) is 10.8. The molecule has 0 atom stereocenters. The molecule has 0 aliphatic carbocycles. The van der Waals surface area contributed by atoms with Gasteiger partial charge in [0.05, 0.1) is 5.03 Å². The first kappa shape index (κ1) is 22.7. The number of halogens is 1. The predicted octanol–water partition coefficient (Wildman–Crippen LogP) is 3.56. The molecule has 2 rings (SSSR count). The van der Waals surface area contributed by atoms with Crippen molar-refractivity contribution >= 4 is 39.3 Å². The minimum absolute atomic E-state index is 0.0758. The van der Waals surface area contributed by atoms with Crippen LogP contribution in [0.2, 0.25) is 5.02 Å². The molecule has 0 aliphatic heterocycles. The Bertz CT molecular complexity index is 886. The number of amides is 1. The van der Waals surface area contributed by atoms with Gasteiger partial charge in [-0.25, -0.2) is 13.4 Å². The second-order valence-electron chi connectivity index (χ2n) is 5.89. The number of nitrogens with zero attached hydrogens (tertiary/aromatic N) is 2. The third-order valence-corrected chi connectivity index (χ3v) is 7.41. The van der Waals surface area contributed by atoms with Crippen LogP contribution in [0.4, 0.5) is 0 Å². The molecular formula is C19H24ClN3O3S2. The van der Waals surface area contributed by atoms with Gasteiger partial charge in [-0.2, -0.15) is 4.31 Å². The summed E-state index contributed by atoms with van der Waals surface area (Å²) in [4.78, 5) is 16.4. The van der Waals surface area contributed by atoms with E-state index in [2.05, 4.69) is 10.3 Å². The van der Waals surface area contributed by atoms with Gasteiger partial charge in [-0.3, -0.25) is 4.79 Å². The molecule has 0 saturated heterocycles. The van der Waals surface area contributed by atoms with E-state index in [1.807, 2.05) is 18.2 Å². The number of nitrogens with one attached hydrogen (secondary N) is 1. The van der Waals surface area contributed by atoms with Crippen LogP contribution in [0.3, 0.4) is 0 Å². The smallest absolute Gasteiger partial charge is 0.244 e. The zero-order valence-electron chi connectivity index (χ0n) is 15.9. The van der Waals surface area contributed by atoms with E-state index in [0.717, 1.165) is 5.56 Å². The van der Waals surface area contributed by atoms with Crippen LogP contribution in [-0.2, 0) is 21.4 Å². The van der Waals surface area contributed by atoms with Crippen LogP contribution in [-0.4, -0.2) is 42.5 Å². The normalized spacial score (nSPS) is 11.6. The minimum atomic E-state index is -3.50. The van der Waals surface area contributed by atoms with Crippen molar-refractivity contribution in [2.45, 2.75) is 36.7 Å². The number of aromatic nitrogens is 1. The van der Waals surface area contributed by atoms with Gasteiger partial charge in [-0.15, -0.1) is 11.8 Å². The molecule has 1 aromatic heterocycles. The molecule has 28 heavy (non-hydrogen) atoms. The van der Waals surface area contributed by atoms with Gasteiger partial charge in [0.25, 0.3) is 0 Å². The van der Waals surface area contributed by atoms with Gasteiger partial charge in [-0.05, 0) is 23.8 Å². The van der Waals surface area contributed by atoms with Crippen LogP contribution in [0.25, 0.3) is 0 Å². The Hall–Kier alpha value is -1.61. The topological polar surface area (TPSA) is 79.4 Å². The minimum Gasteiger partial charge on any atom is -0.352 e. The number of carbonyl (C=O) groups excluding carboxylic acids is 1. The van der Waals surface area contributed by atoms with E-state index in [0.29, 0.717) is 41.9 Å². The molecule has 0 saturated carbocycles. The summed E-state index contributed by atoms with van der Waals surface area (Å²) in [6, 6.07) is 10.6. The summed E-state index contributed by atoms with van der Waals surface area (Å²) >= 11 is 7.47. The second-order valence-corrected chi connectivity index (χ2v) is 9.35. The van der Waals surface area contributed by atoms with E-state index in [1.54, 1.807) is 32.0 Å². The Balaban J connectivity index is 1.82. The molecule has 2 aromatic rings. The lowest BCUT2D eigenvalue weighted by Gasteiger charge is -2.18. The summed E-state index contributed by atoms with van der Waals surface area (Å²) in [7, 11) is -3.50. The molecule has 152 valence electrons. The Morgan fingerprint density at radius 3 is 2.50 bits per heavy atom. The van der Waals surface area contributed by atoms with Gasteiger partial charge < -0.3 is 5.32 Å². The van der Waals surface area contributed by atoms with Gasteiger partial charge in [0.15, 0.2) is 0 Å². The van der Waals surface area contributed by atoms with Crippen molar-refractivity contribution in [3.05, 3.63) is 53.2 Å². The highest BCUT2D eigenvalue weighted by atomic mass is 35.5. The maximum atomic E-state index is 12.4. The largest absolute Gasteiger partial charge is 0.352 e. The summed E-state index contributed by atoms with van der Waals surface area (Å²) in [6.07, 6.45) is 1.70. The van der Waals surface area contributed by atoms with Gasteiger partial charge >= 0.3 is 0 Å². The van der Waals surface area contributed by atoms with Crippen molar-refractivity contribution in [3.63, 3.8) is 0 Å². The predicted molar refractivity (Wildman–Crippen MR) is 113 cm³/mol. The van der Waals surface area contributed by atoms with Crippen molar-refractivity contribution in [2.75, 3.05) is 18.8 Å². The van der Waals surface area contributed by atoms with Crippen molar-refractivity contribution < 1.29 is 13.2 Å². The molecule has 0 fully saturated rings. The highest BCUT2D eigenvalue weighted by Crippen LogP contribution is 2.20. The van der Waals surface area contributed by atoms with Crippen LogP contribution in [0.1, 0.15) is 25.8 Å². The molecule has 1 amide bonds. The molecule has 1 aromatic carbocycles. The molecule has 0 aliphatic rings. The van der Waals surface area contributed by atoms with Crippen molar-refractivity contribution in [1.82, 2.24) is 14.6 Å². The van der Waals surface area contributed by atoms with Crippen molar-refractivity contribution in [2.24, 2.45) is 0 Å². The van der Waals surface area contributed by atoms with E-state index in [9.17, 15) is 13.2 Å². The zero-order valence-corrected chi connectivity index (χ0v) is 18.3. The lowest BCUT2D eigenvalue weighted by Crippen LogP contribution is -2.30. The zero-order chi connectivity index (χ0) is 20.6. The average molecular weight is 442 g/mol. The maximum Gasteiger partial charge on any atom is 0.244 e. The van der Waals surface area contributed by atoms with E-state index >= 15 is 0 Å². The number of carbonyl (C=O) groups is 1. The molecular weight excluding hydrogens is 418 g/mol. The lowest BCUT2D eigenvalue weighted by atomic mass is 10.2. The fraction of sp³-hybridized carbons (Fsp3) is 0.368. The van der Waals surface area contributed by atoms with Crippen molar-refractivity contribution in [3.8, 4) is 0 Å². The van der Waals surface area contributed by atoms with Crippen molar-refractivity contribution in [1.29, 1.82) is 0 Å². The Labute approximate surface area is 175 Å². The first-order valence-corrected chi connectivity index (χ1v) is 11.8. The van der Waals surface area contributed by atoms with Crippen LogP contribution in [0.15, 0.2) is 52.5 Å². The van der Waals surface area contributed by atoms with Gasteiger partial charge in [0.1, 0.15) is 4.90 Å². The first-order valence-electron chi connectivity index (χ1n) is 8.97. The number of pyridine rings is 1. The maximum absolute atomic E-state index is 12.4. The Kier molecular flexibility index (Phi) is 8.75. The van der Waals surface area contributed by atoms with Gasteiger partial charge in [-0.1, -0.05) is 43.6 Å².